The summed E-state index contributed by atoms with van der Waals surface area (Å²) in [4.78, 5) is 37.2. The Morgan fingerprint density at radius 3 is 2.12 bits per heavy atom. The van der Waals surface area contributed by atoms with Crippen molar-refractivity contribution in [2.45, 2.75) is 20.3 Å². The Morgan fingerprint density at radius 2 is 1.72 bits per heavy atom. The molecule has 8 heteroatoms. The number of rotatable bonds is 8. The summed E-state index contributed by atoms with van der Waals surface area (Å²) in [6.07, 6.45) is -0.299. The highest BCUT2D eigenvalue weighted by atomic mass is 31.2. The van der Waals surface area contributed by atoms with Crippen molar-refractivity contribution in [2.24, 2.45) is 11.8 Å². The number of hydrogen-bond donors (Lipinski definition) is 1. The molecule has 0 spiro atoms. The van der Waals surface area contributed by atoms with Crippen LogP contribution < -0.4 is 0 Å². The van der Waals surface area contributed by atoms with Gasteiger partial charge in [-0.1, -0.05) is 26.0 Å². The molecule has 0 radical (unpaired) electrons. The third-order valence-electron chi connectivity index (χ3n) is 4.17. The minimum Gasteiger partial charge on any atom is -0.481 e. The third-order valence-corrected chi connectivity index (χ3v) is 6.55. The molecule has 2 amide bonds. The van der Waals surface area contributed by atoms with E-state index in [0.717, 1.165) is 4.90 Å². The molecule has 2 unspecified atom stereocenters. The lowest BCUT2D eigenvalue weighted by molar-refractivity contribution is -0.141. The van der Waals surface area contributed by atoms with Crippen LogP contribution in [0.15, 0.2) is 24.3 Å². The fourth-order valence-electron chi connectivity index (χ4n) is 2.93. The van der Waals surface area contributed by atoms with Gasteiger partial charge in [-0.05, 0) is 24.5 Å². The summed E-state index contributed by atoms with van der Waals surface area (Å²) in [5.74, 6) is -2.89. The standard InChI is InChI=1S/C17H22NO6P/c1-11(2)8-12(17(21)22)9-25(23,24-3)10-18-15(19)13-6-4-5-7-14(13)16(18)20/h4-7,11-12H,8-10H2,1-3H3,(H,21,22). The highest BCUT2D eigenvalue weighted by Crippen LogP contribution is 2.50. The van der Waals surface area contributed by atoms with Crippen molar-refractivity contribution in [3.8, 4) is 0 Å². The van der Waals surface area contributed by atoms with Crippen LogP contribution in [-0.2, 0) is 13.9 Å². The van der Waals surface area contributed by atoms with Crippen molar-refractivity contribution in [3.63, 3.8) is 0 Å². The molecular weight excluding hydrogens is 345 g/mol. The first-order valence-corrected chi connectivity index (χ1v) is 10.00. The van der Waals surface area contributed by atoms with Crippen LogP contribution in [-0.4, -0.2) is 47.3 Å². The van der Waals surface area contributed by atoms with E-state index in [2.05, 4.69) is 0 Å². The number of carboxylic acids is 1. The maximum absolute atomic E-state index is 13.0. The smallest absolute Gasteiger partial charge is 0.307 e. The maximum Gasteiger partial charge on any atom is 0.307 e. The van der Waals surface area contributed by atoms with Gasteiger partial charge in [-0.3, -0.25) is 23.8 Å². The number of aliphatic carboxylic acids is 1. The molecule has 2 rings (SSSR count). The number of carbonyl (C=O) groups is 3. The first-order chi connectivity index (χ1) is 11.7. The van der Waals surface area contributed by atoms with Crippen LogP contribution in [0.4, 0.5) is 0 Å². The van der Waals surface area contributed by atoms with Crippen LogP contribution in [0.3, 0.4) is 0 Å². The Kier molecular flexibility index (Phi) is 5.80. The van der Waals surface area contributed by atoms with Gasteiger partial charge in [0.1, 0.15) is 6.29 Å². The highest BCUT2D eigenvalue weighted by Gasteiger charge is 2.41. The fourth-order valence-corrected chi connectivity index (χ4v) is 4.98. The van der Waals surface area contributed by atoms with Crippen LogP contribution in [0.25, 0.3) is 0 Å². The molecule has 1 aromatic carbocycles. The number of carboxylic acid groups (broad SMARTS) is 1. The van der Waals surface area contributed by atoms with Gasteiger partial charge in [0.2, 0.25) is 7.37 Å². The molecular formula is C17H22NO6P. The Hall–Kier alpha value is -1.98. The third kappa shape index (κ3) is 4.17. The molecule has 0 aromatic heterocycles. The Balaban J connectivity index is 2.21. The number of amides is 2. The molecule has 0 saturated carbocycles. The maximum atomic E-state index is 13.0. The minimum absolute atomic E-state index is 0.103. The van der Waals surface area contributed by atoms with E-state index in [9.17, 15) is 24.1 Å². The average molecular weight is 367 g/mol. The second-order valence-electron chi connectivity index (χ2n) is 6.57. The van der Waals surface area contributed by atoms with E-state index in [1.165, 1.54) is 19.2 Å². The van der Waals surface area contributed by atoms with Crippen molar-refractivity contribution >= 4 is 25.2 Å². The zero-order chi connectivity index (χ0) is 18.8. The van der Waals surface area contributed by atoms with Crippen molar-refractivity contribution in [3.05, 3.63) is 35.4 Å². The van der Waals surface area contributed by atoms with E-state index in [-0.39, 0.29) is 23.2 Å². The molecule has 0 fully saturated rings. The van der Waals surface area contributed by atoms with E-state index in [4.69, 9.17) is 4.52 Å². The summed E-state index contributed by atoms with van der Waals surface area (Å²) in [6, 6.07) is 6.36. The van der Waals surface area contributed by atoms with Crippen molar-refractivity contribution in [2.75, 3.05) is 19.6 Å². The molecule has 25 heavy (non-hydrogen) atoms. The first kappa shape index (κ1) is 19.3. The van der Waals surface area contributed by atoms with Gasteiger partial charge in [0.15, 0.2) is 0 Å². The van der Waals surface area contributed by atoms with Crippen LogP contribution >= 0.6 is 7.37 Å². The van der Waals surface area contributed by atoms with E-state index < -0.39 is 37.4 Å². The molecule has 1 aliphatic rings. The van der Waals surface area contributed by atoms with Crippen molar-refractivity contribution < 1.29 is 28.6 Å². The number of fused-ring (bicyclic) bond motifs is 1. The second-order valence-corrected chi connectivity index (χ2v) is 9.21. The molecule has 0 aliphatic carbocycles. The molecule has 0 bridgehead atoms. The summed E-state index contributed by atoms with van der Waals surface area (Å²) in [7, 11) is -2.30. The van der Waals surface area contributed by atoms with Gasteiger partial charge in [0, 0.05) is 13.3 Å². The molecule has 0 saturated heterocycles. The lowest BCUT2D eigenvalue weighted by Crippen LogP contribution is -2.32. The zero-order valence-corrected chi connectivity index (χ0v) is 15.4. The second kappa shape index (κ2) is 7.50. The fraction of sp³-hybridized carbons (Fsp3) is 0.471. The first-order valence-electron chi connectivity index (χ1n) is 8.00. The van der Waals surface area contributed by atoms with E-state index in [1.54, 1.807) is 12.1 Å². The van der Waals surface area contributed by atoms with E-state index >= 15 is 0 Å². The monoisotopic (exact) mass is 367 g/mol. The van der Waals surface area contributed by atoms with Gasteiger partial charge in [-0.2, -0.15) is 0 Å². The SMILES string of the molecule is COP(=O)(CC(CC(C)C)C(=O)O)CN1C(=O)c2ccccc2C1=O. The normalized spacial score (nSPS) is 17.5. The number of hydrogen-bond acceptors (Lipinski definition) is 5. The lowest BCUT2D eigenvalue weighted by Gasteiger charge is -2.25. The number of nitrogens with zero attached hydrogens (tertiary/aromatic N) is 1. The molecule has 136 valence electrons. The molecule has 7 nitrogen and oxygen atoms in total. The average Bonchev–Trinajstić information content (AvgIpc) is 2.79. The molecule has 1 aliphatic heterocycles. The highest BCUT2D eigenvalue weighted by molar-refractivity contribution is 7.59. The largest absolute Gasteiger partial charge is 0.481 e. The number of benzene rings is 1. The number of imide groups is 1. The topological polar surface area (TPSA) is 101 Å². The van der Waals surface area contributed by atoms with Crippen molar-refractivity contribution in [1.29, 1.82) is 0 Å². The summed E-state index contributed by atoms with van der Waals surface area (Å²) >= 11 is 0. The molecule has 1 N–H and O–H groups in total. The molecule has 2 atom stereocenters. The van der Waals surface area contributed by atoms with Crippen LogP contribution in [0.2, 0.25) is 0 Å². The van der Waals surface area contributed by atoms with Gasteiger partial charge in [0.25, 0.3) is 11.8 Å². The quantitative estimate of drug-likeness (QED) is 0.560. The summed E-state index contributed by atoms with van der Waals surface area (Å²) in [5.41, 5.74) is 0.513. The van der Waals surface area contributed by atoms with Gasteiger partial charge in [-0.15, -0.1) is 0 Å². The number of carbonyl (C=O) groups excluding carboxylic acids is 2. The summed E-state index contributed by atoms with van der Waals surface area (Å²) in [6.45, 7) is 3.75. The Labute approximate surface area is 146 Å². The van der Waals surface area contributed by atoms with Gasteiger partial charge in [0.05, 0.1) is 17.0 Å². The van der Waals surface area contributed by atoms with Gasteiger partial charge in [-0.25, -0.2) is 0 Å². The van der Waals surface area contributed by atoms with Crippen LogP contribution in [0.1, 0.15) is 41.0 Å². The van der Waals surface area contributed by atoms with E-state index in [1.807, 2.05) is 13.8 Å². The molecule has 1 aromatic rings. The summed E-state index contributed by atoms with van der Waals surface area (Å²) < 4.78 is 18.1. The van der Waals surface area contributed by atoms with Gasteiger partial charge >= 0.3 is 5.97 Å². The summed E-state index contributed by atoms with van der Waals surface area (Å²) in [5, 5.41) is 9.36. The zero-order valence-electron chi connectivity index (χ0n) is 14.5. The van der Waals surface area contributed by atoms with Gasteiger partial charge < -0.3 is 9.63 Å². The van der Waals surface area contributed by atoms with Crippen molar-refractivity contribution in [1.82, 2.24) is 4.90 Å². The van der Waals surface area contributed by atoms with E-state index in [0.29, 0.717) is 6.42 Å². The Morgan fingerprint density at radius 1 is 1.20 bits per heavy atom. The van der Waals surface area contributed by atoms with Crippen LogP contribution in [0.5, 0.6) is 0 Å². The predicted molar refractivity (Wildman–Crippen MR) is 91.9 cm³/mol. The predicted octanol–water partition coefficient (Wildman–Crippen LogP) is 2.91. The Bertz CT molecular complexity index is 709. The van der Waals surface area contributed by atoms with Crippen LogP contribution in [0, 0.1) is 11.8 Å². The molecule has 1 heterocycles. The minimum atomic E-state index is -3.52. The lowest BCUT2D eigenvalue weighted by atomic mass is 9.99.